The van der Waals surface area contributed by atoms with Gasteiger partial charge < -0.3 is 25.2 Å². The number of aryl methyl sites for hydroxylation is 1. The van der Waals surface area contributed by atoms with Gasteiger partial charge >= 0.3 is 6.09 Å². The van der Waals surface area contributed by atoms with Gasteiger partial charge in [0.15, 0.2) is 11.8 Å². The minimum Gasteiger partial charge on any atom is -0.444 e. The van der Waals surface area contributed by atoms with Crippen LogP contribution in [-0.4, -0.2) is 46.4 Å². The zero-order valence-electron chi connectivity index (χ0n) is 18.0. The molecule has 28 heavy (non-hydrogen) atoms. The van der Waals surface area contributed by atoms with Gasteiger partial charge in [0.2, 0.25) is 5.89 Å². The van der Waals surface area contributed by atoms with Gasteiger partial charge in [-0.25, -0.2) is 9.79 Å². The van der Waals surface area contributed by atoms with E-state index < -0.39 is 17.2 Å². The average molecular weight is 510 g/mol. The van der Waals surface area contributed by atoms with Crippen LogP contribution in [0.2, 0.25) is 0 Å². The first kappa shape index (κ1) is 26.4. The molecular formula is C18H35IN6O3. The van der Waals surface area contributed by atoms with Crippen molar-refractivity contribution in [2.45, 2.75) is 79.0 Å². The van der Waals surface area contributed by atoms with Crippen molar-refractivity contribution >= 4 is 36.0 Å². The van der Waals surface area contributed by atoms with Gasteiger partial charge in [0, 0.05) is 20.0 Å². The smallest absolute Gasteiger partial charge is 0.408 e. The van der Waals surface area contributed by atoms with Crippen molar-refractivity contribution in [3.63, 3.8) is 0 Å². The third-order valence-corrected chi connectivity index (χ3v) is 4.01. The number of ether oxygens (including phenoxy) is 1. The van der Waals surface area contributed by atoms with Crippen molar-refractivity contribution in [1.29, 1.82) is 0 Å². The van der Waals surface area contributed by atoms with Crippen molar-refractivity contribution in [3.05, 3.63) is 11.7 Å². The lowest BCUT2D eigenvalue weighted by atomic mass is 9.93. The Balaban J connectivity index is 0.00000729. The normalized spacial score (nSPS) is 12.2. The molecule has 0 aliphatic heterocycles. The van der Waals surface area contributed by atoms with Crippen molar-refractivity contribution in [1.82, 2.24) is 26.1 Å². The molecule has 1 aromatic heterocycles. The minimum absolute atomic E-state index is 0. The van der Waals surface area contributed by atoms with E-state index in [2.05, 4.69) is 31.1 Å². The molecule has 0 aliphatic rings. The fourth-order valence-electron chi connectivity index (χ4n) is 2.39. The zero-order valence-corrected chi connectivity index (χ0v) is 20.3. The van der Waals surface area contributed by atoms with Gasteiger partial charge in [0.1, 0.15) is 12.1 Å². The van der Waals surface area contributed by atoms with E-state index in [1.165, 1.54) is 0 Å². The Morgan fingerprint density at radius 1 is 1.18 bits per heavy atom. The van der Waals surface area contributed by atoms with Gasteiger partial charge in [-0.1, -0.05) is 19.0 Å². The van der Waals surface area contributed by atoms with Crippen LogP contribution in [0.5, 0.6) is 0 Å². The maximum atomic E-state index is 12.2. The molecule has 0 atom stereocenters. The molecule has 3 N–H and O–H groups in total. The molecule has 0 unspecified atom stereocenters. The Kier molecular flexibility index (Phi) is 11.4. The van der Waals surface area contributed by atoms with Crippen molar-refractivity contribution in [2.75, 3.05) is 13.1 Å². The van der Waals surface area contributed by atoms with Gasteiger partial charge in [-0.3, -0.25) is 0 Å². The number of aliphatic imine (C=N–C) groups is 1. The second kappa shape index (κ2) is 12.1. The second-order valence-corrected chi connectivity index (χ2v) is 7.39. The van der Waals surface area contributed by atoms with E-state index in [1.54, 1.807) is 6.92 Å². The molecule has 1 amide bonds. The minimum atomic E-state index is -0.538. The first-order chi connectivity index (χ1) is 12.6. The summed E-state index contributed by atoms with van der Waals surface area (Å²) in [6.45, 7) is 14.9. The van der Waals surface area contributed by atoms with E-state index in [4.69, 9.17) is 9.26 Å². The molecule has 0 saturated heterocycles. The van der Waals surface area contributed by atoms with Crippen LogP contribution in [0.1, 0.15) is 66.1 Å². The maximum absolute atomic E-state index is 12.2. The number of nitrogens with zero attached hydrogens (tertiary/aromatic N) is 3. The second-order valence-electron chi connectivity index (χ2n) is 7.39. The van der Waals surface area contributed by atoms with E-state index >= 15 is 0 Å². The third-order valence-electron chi connectivity index (χ3n) is 4.01. The lowest BCUT2D eigenvalue weighted by molar-refractivity contribution is 0.0448. The molecule has 1 aromatic rings. The summed E-state index contributed by atoms with van der Waals surface area (Å²) < 4.78 is 10.4. The van der Waals surface area contributed by atoms with Crippen molar-refractivity contribution in [2.24, 2.45) is 4.99 Å². The van der Waals surface area contributed by atoms with Crippen LogP contribution in [0.25, 0.3) is 0 Å². The predicted molar refractivity (Wildman–Crippen MR) is 120 cm³/mol. The average Bonchev–Trinajstić information content (AvgIpc) is 3.00. The zero-order chi connectivity index (χ0) is 20.5. The lowest BCUT2D eigenvalue weighted by Gasteiger charge is -2.34. The summed E-state index contributed by atoms with van der Waals surface area (Å²) in [4.78, 5) is 20.9. The number of amides is 1. The number of hydrogen-bond donors (Lipinski definition) is 3. The Morgan fingerprint density at radius 2 is 1.82 bits per heavy atom. The number of guanidine groups is 1. The number of carbonyl (C=O) groups excluding carboxylic acids is 1. The molecule has 0 aliphatic carbocycles. The number of rotatable bonds is 8. The molecule has 0 aromatic carbocycles. The highest BCUT2D eigenvalue weighted by Gasteiger charge is 2.30. The number of alkyl carbamates (subject to hydrolysis) is 1. The van der Waals surface area contributed by atoms with Crippen LogP contribution in [-0.2, 0) is 11.3 Å². The van der Waals surface area contributed by atoms with E-state index in [0.29, 0.717) is 37.3 Å². The summed E-state index contributed by atoms with van der Waals surface area (Å²) in [6.07, 6.45) is 1.08. The number of halogens is 1. The first-order valence-corrected chi connectivity index (χ1v) is 9.45. The Bertz CT molecular complexity index is 623. The van der Waals surface area contributed by atoms with E-state index in [-0.39, 0.29) is 24.0 Å². The molecule has 1 rings (SSSR count). The molecule has 0 spiro atoms. The summed E-state index contributed by atoms with van der Waals surface area (Å²) in [6, 6.07) is 0. The lowest BCUT2D eigenvalue weighted by Crippen LogP contribution is -2.57. The number of carbonyl (C=O) groups is 1. The standard InChI is InChI=1S/C18H34N6O3.HI/c1-8-18(9-2,23-16(25)26-17(5,6)7)12-21-15(19-10-3)20-11-14-22-13(4)27-24-14;/h8-12H2,1-7H3,(H,23,25)(H2,19,20,21);1H. The quantitative estimate of drug-likeness (QED) is 0.280. The van der Waals surface area contributed by atoms with E-state index in [1.807, 2.05) is 41.5 Å². The SMILES string of the molecule is CCNC(=NCc1noc(C)n1)NCC(CC)(CC)NC(=O)OC(C)(C)C.I. The Labute approximate surface area is 184 Å². The summed E-state index contributed by atoms with van der Waals surface area (Å²) in [7, 11) is 0. The summed E-state index contributed by atoms with van der Waals surface area (Å²) in [5.41, 5.74) is -0.981. The molecule has 0 saturated carbocycles. The van der Waals surface area contributed by atoms with Crippen LogP contribution in [0.15, 0.2) is 9.52 Å². The van der Waals surface area contributed by atoms with Crippen LogP contribution in [0.3, 0.4) is 0 Å². The van der Waals surface area contributed by atoms with Gasteiger partial charge in [-0.05, 0) is 40.5 Å². The third kappa shape index (κ3) is 9.56. The van der Waals surface area contributed by atoms with Crippen LogP contribution in [0.4, 0.5) is 4.79 Å². The van der Waals surface area contributed by atoms with Crippen LogP contribution < -0.4 is 16.0 Å². The number of aromatic nitrogens is 2. The fourth-order valence-corrected chi connectivity index (χ4v) is 2.39. The molecule has 9 nitrogen and oxygen atoms in total. The molecule has 0 radical (unpaired) electrons. The highest BCUT2D eigenvalue weighted by atomic mass is 127. The summed E-state index contributed by atoms with van der Waals surface area (Å²) in [5, 5.41) is 13.3. The van der Waals surface area contributed by atoms with Crippen LogP contribution >= 0.6 is 24.0 Å². The summed E-state index contributed by atoms with van der Waals surface area (Å²) >= 11 is 0. The Morgan fingerprint density at radius 3 is 2.29 bits per heavy atom. The highest BCUT2D eigenvalue weighted by molar-refractivity contribution is 14.0. The molecule has 10 heteroatoms. The van der Waals surface area contributed by atoms with Gasteiger partial charge in [0.25, 0.3) is 0 Å². The van der Waals surface area contributed by atoms with Gasteiger partial charge in [-0.2, -0.15) is 4.98 Å². The topological polar surface area (TPSA) is 114 Å². The van der Waals surface area contributed by atoms with E-state index in [0.717, 1.165) is 12.8 Å². The highest BCUT2D eigenvalue weighted by Crippen LogP contribution is 2.16. The van der Waals surface area contributed by atoms with Crippen LogP contribution in [0, 0.1) is 6.92 Å². The first-order valence-electron chi connectivity index (χ1n) is 9.45. The van der Waals surface area contributed by atoms with Gasteiger partial charge in [-0.15, -0.1) is 24.0 Å². The predicted octanol–water partition coefficient (Wildman–Crippen LogP) is 3.13. The molecule has 1 heterocycles. The molecule has 162 valence electrons. The largest absolute Gasteiger partial charge is 0.444 e. The summed E-state index contributed by atoms with van der Waals surface area (Å²) in [5.74, 6) is 1.65. The monoisotopic (exact) mass is 510 g/mol. The molecule has 0 bridgehead atoms. The van der Waals surface area contributed by atoms with Gasteiger partial charge in [0.05, 0.1) is 5.54 Å². The fraction of sp³-hybridized carbons (Fsp3) is 0.778. The van der Waals surface area contributed by atoms with E-state index in [9.17, 15) is 4.79 Å². The number of nitrogens with one attached hydrogen (secondary N) is 3. The molecule has 0 fully saturated rings. The number of hydrogen-bond acceptors (Lipinski definition) is 6. The molecular weight excluding hydrogens is 475 g/mol. The Hall–Kier alpha value is -1.59. The van der Waals surface area contributed by atoms with Crippen molar-refractivity contribution in [3.8, 4) is 0 Å². The maximum Gasteiger partial charge on any atom is 0.408 e. The van der Waals surface area contributed by atoms with Crippen molar-refractivity contribution < 1.29 is 14.1 Å².